The van der Waals surface area contributed by atoms with Crippen LogP contribution in [0.2, 0.25) is 0 Å². The summed E-state index contributed by atoms with van der Waals surface area (Å²) >= 11 is 0. The summed E-state index contributed by atoms with van der Waals surface area (Å²) in [6, 6.07) is 5.10. The minimum absolute atomic E-state index is 0.0941. The van der Waals surface area contributed by atoms with Gasteiger partial charge in [0.15, 0.2) is 11.5 Å². The normalized spacial score (nSPS) is 11.9. The predicted molar refractivity (Wildman–Crippen MR) is 95.5 cm³/mol. The van der Waals surface area contributed by atoms with Gasteiger partial charge in [0.25, 0.3) is 0 Å². The van der Waals surface area contributed by atoms with E-state index in [0.717, 1.165) is 31.1 Å². The molecule has 0 saturated carbocycles. The molecule has 1 atom stereocenters. The lowest BCUT2D eigenvalue weighted by molar-refractivity contribution is -0.122. The van der Waals surface area contributed by atoms with Crippen LogP contribution in [0.25, 0.3) is 0 Å². The van der Waals surface area contributed by atoms with Crippen molar-refractivity contribution in [2.45, 2.75) is 64.7 Å². The number of ether oxygens (including phenoxy) is 1. The molecular formula is C20H30O4. The Bertz CT molecular complexity index is 510. The van der Waals surface area contributed by atoms with E-state index in [9.17, 15) is 14.7 Å². The fourth-order valence-electron chi connectivity index (χ4n) is 2.78. The number of benzene rings is 1. The van der Waals surface area contributed by atoms with Crippen molar-refractivity contribution in [2.24, 2.45) is 5.92 Å². The van der Waals surface area contributed by atoms with Crippen molar-refractivity contribution in [3.05, 3.63) is 23.8 Å². The number of unbranched alkanes of at least 4 members (excludes halogenated alkanes) is 4. The van der Waals surface area contributed by atoms with Crippen molar-refractivity contribution in [1.82, 2.24) is 0 Å². The molecule has 0 radical (unpaired) electrons. The van der Waals surface area contributed by atoms with Crippen LogP contribution in [-0.4, -0.2) is 24.3 Å². The number of ketones is 1. The van der Waals surface area contributed by atoms with Crippen molar-refractivity contribution in [3.8, 4) is 11.5 Å². The summed E-state index contributed by atoms with van der Waals surface area (Å²) in [5.41, 5.74) is 0.945. The third-order valence-corrected chi connectivity index (χ3v) is 4.30. The van der Waals surface area contributed by atoms with Gasteiger partial charge in [0.05, 0.1) is 7.11 Å². The molecule has 0 aliphatic rings. The van der Waals surface area contributed by atoms with Crippen LogP contribution < -0.4 is 4.74 Å². The minimum atomic E-state index is -0.145. The van der Waals surface area contributed by atoms with Crippen LogP contribution in [0.1, 0.15) is 63.9 Å². The second kappa shape index (κ2) is 11.7. The molecule has 0 heterocycles. The molecule has 0 spiro atoms. The lowest BCUT2D eigenvalue weighted by Gasteiger charge is -2.10. The highest BCUT2D eigenvalue weighted by Gasteiger charge is 2.13. The number of methoxy groups -OCH3 is 1. The van der Waals surface area contributed by atoms with Gasteiger partial charge in [-0.25, -0.2) is 0 Å². The Labute approximate surface area is 145 Å². The molecule has 1 N–H and O–H groups in total. The van der Waals surface area contributed by atoms with E-state index in [1.807, 2.05) is 0 Å². The fraction of sp³-hybridized carbons (Fsp3) is 0.600. The van der Waals surface area contributed by atoms with E-state index < -0.39 is 0 Å². The second-order valence-electron chi connectivity index (χ2n) is 6.35. The molecule has 0 bridgehead atoms. The van der Waals surface area contributed by atoms with E-state index in [1.165, 1.54) is 26.4 Å². The van der Waals surface area contributed by atoms with Gasteiger partial charge in [0.2, 0.25) is 0 Å². The molecule has 0 aliphatic heterocycles. The Morgan fingerprint density at radius 2 is 2.00 bits per heavy atom. The molecule has 1 aromatic carbocycles. The molecule has 0 aromatic heterocycles. The first kappa shape index (κ1) is 20.2. The predicted octanol–water partition coefficient (Wildman–Crippen LogP) is 4.47. The highest BCUT2D eigenvalue weighted by atomic mass is 16.5. The number of carbonyl (C=O) groups is 2. The van der Waals surface area contributed by atoms with Gasteiger partial charge in [-0.3, -0.25) is 4.79 Å². The largest absolute Gasteiger partial charge is 0.504 e. The molecule has 1 rings (SSSR count). The molecule has 24 heavy (non-hydrogen) atoms. The summed E-state index contributed by atoms with van der Waals surface area (Å²) in [6.07, 6.45) is 8.90. The zero-order valence-electron chi connectivity index (χ0n) is 14.9. The molecule has 0 saturated heterocycles. The van der Waals surface area contributed by atoms with Crippen LogP contribution >= 0.6 is 0 Å². The van der Waals surface area contributed by atoms with Gasteiger partial charge in [-0.2, -0.15) is 0 Å². The van der Waals surface area contributed by atoms with E-state index in [0.29, 0.717) is 25.0 Å². The topological polar surface area (TPSA) is 63.6 Å². The first-order valence-corrected chi connectivity index (χ1v) is 8.93. The first-order valence-electron chi connectivity index (χ1n) is 8.93. The SMILES string of the molecule is CCCCCCC[C@@H](C=O)CC(=O)CCc1ccc(O)c(OC)c1. The van der Waals surface area contributed by atoms with Crippen LogP contribution in [-0.2, 0) is 16.0 Å². The van der Waals surface area contributed by atoms with Gasteiger partial charge in [-0.15, -0.1) is 0 Å². The van der Waals surface area contributed by atoms with Crippen molar-refractivity contribution < 1.29 is 19.4 Å². The van der Waals surface area contributed by atoms with Crippen LogP contribution in [0.4, 0.5) is 0 Å². The fourth-order valence-corrected chi connectivity index (χ4v) is 2.78. The molecule has 0 fully saturated rings. The summed E-state index contributed by atoms with van der Waals surface area (Å²) in [5.74, 6) is 0.482. The molecular weight excluding hydrogens is 304 g/mol. The maximum Gasteiger partial charge on any atom is 0.160 e. The summed E-state index contributed by atoms with van der Waals surface area (Å²) in [4.78, 5) is 23.3. The van der Waals surface area contributed by atoms with E-state index in [4.69, 9.17) is 4.74 Å². The number of phenols is 1. The van der Waals surface area contributed by atoms with E-state index >= 15 is 0 Å². The minimum Gasteiger partial charge on any atom is -0.504 e. The molecule has 1 aromatic rings. The van der Waals surface area contributed by atoms with Crippen molar-refractivity contribution >= 4 is 12.1 Å². The number of aromatic hydroxyl groups is 1. The van der Waals surface area contributed by atoms with Crippen LogP contribution in [0.15, 0.2) is 18.2 Å². The highest BCUT2D eigenvalue weighted by molar-refractivity contribution is 5.81. The lowest BCUT2D eigenvalue weighted by atomic mass is 9.94. The number of hydrogen-bond acceptors (Lipinski definition) is 4. The summed E-state index contributed by atoms with van der Waals surface area (Å²) < 4.78 is 5.07. The maximum absolute atomic E-state index is 12.1. The van der Waals surface area contributed by atoms with Crippen molar-refractivity contribution in [1.29, 1.82) is 0 Å². The number of Topliss-reactive ketones (excluding diaryl/α,β-unsaturated/α-hetero) is 1. The third kappa shape index (κ3) is 7.62. The molecule has 0 amide bonds. The zero-order valence-corrected chi connectivity index (χ0v) is 14.9. The van der Waals surface area contributed by atoms with Gasteiger partial charge in [-0.1, -0.05) is 45.1 Å². The Morgan fingerprint density at radius 3 is 2.67 bits per heavy atom. The van der Waals surface area contributed by atoms with Crippen molar-refractivity contribution in [2.75, 3.05) is 7.11 Å². The van der Waals surface area contributed by atoms with Crippen LogP contribution in [0, 0.1) is 5.92 Å². The molecule has 0 unspecified atom stereocenters. The number of carbonyl (C=O) groups excluding carboxylic acids is 2. The number of rotatable bonds is 13. The number of hydrogen-bond donors (Lipinski definition) is 1. The Hall–Kier alpha value is -1.84. The average molecular weight is 334 g/mol. The van der Waals surface area contributed by atoms with Crippen molar-refractivity contribution in [3.63, 3.8) is 0 Å². The van der Waals surface area contributed by atoms with E-state index in [1.54, 1.807) is 18.2 Å². The molecule has 4 nitrogen and oxygen atoms in total. The first-order chi connectivity index (χ1) is 11.6. The van der Waals surface area contributed by atoms with E-state index in [-0.39, 0.29) is 17.5 Å². The summed E-state index contributed by atoms with van der Waals surface area (Å²) in [7, 11) is 1.50. The molecule has 134 valence electrons. The van der Waals surface area contributed by atoms with Gasteiger partial charge in [-0.05, 0) is 30.5 Å². The number of aldehydes is 1. The molecule has 4 heteroatoms. The maximum atomic E-state index is 12.1. The zero-order chi connectivity index (χ0) is 17.8. The monoisotopic (exact) mass is 334 g/mol. The quantitative estimate of drug-likeness (QED) is 0.427. The number of aryl methyl sites for hydroxylation is 1. The average Bonchev–Trinajstić information content (AvgIpc) is 2.59. The Balaban J connectivity index is 2.34. The third-order valence-electron chi connectivity index (χ3n) is 4.30. The smallest absolute Gasteiger partial charge is 0.160 e. The van der Waals surface area contributed by atoms with Gasteiger partial charge in [0, 0.05) is 18.8 Å². The second-order valence-corrected chi connectivity index (χ2v) is 6.35. The lowest BCUT2D eigenvalue weighted by Crippen LogP contribution is -2.11. The van der Waals surface area contributed by atoms with Crippen LogP contribution in [0.5, 0.6) is 11.5 Å². The highest BCUT2D eigenvalue weighted by Crippen LogP contribution is 2.27. The Kier molecular flexibility index (Phi) is 9.81. The van der Waals surface area contributed by atoms with Gasteiger partial charge < -0.3 is 14.6 Å². The van der Waals surface area contributed by atoms with Crippen LogP contribution in [0.3, 0.4) is 0 Å². The molecule has 0 aliphatic carbocycles. The summed E-state index contributed by atoms with van der Waals surface area (Å²) in [6.45, 7) is 2.18. The summed E-state index contributed by atoms with van der Waals surface area (Å²) in [5, 5.41) is 9.57. The number of phenolic OH excluding ortho intramolecular Hbond substituents is 1. The Morgan fingerprint density at radius 1 is 1.25 bits per heavy atom. The van der Waals surface area contributed by atoms with E-state index in [2.05, 4.69) is 6.92 Å². The van der Waals surface area contributed by atoms with Gasteiger partial charge >= 0.3 is 0 Å². The standard InChI is InChI=1S/C20H30O4/c1-3-4-5-6-7-8-17(15-21)13-18(22)11-9-16-10-12-19(23)20(14-16)24-2/h10,12,14-15,17,23H,3-9,11,13H2,1-2H3/t17-/m1/s1. The van der Waals surface area contributed by atoms with Gasteiger partial charge in [0.1, 0.15) is 12.1 Å².